The second-order valence-electron chi connectivity index (χ2n) is 9.68. The number of aliphatic hydroxyl groups is 1. The summed E-state index contributed by atoms with van der Waals surface area (Å²) < 4.78 is 69.5. The normalized spacial score (nSPS) is 17.5. The molecular weight excluding hydrogens is 563 g/mol. The fourth-order valence-corrected chi connectivity index (χ4v) is 5.25. The maximum Gasteiger partial charge on any atom is 0.406 e. The number of carbonyl (C=O) groups is 1. The molecule has 1 aliphatic heterocycles. The molecule has 4 rings (SSSR count). The standard InChI is InChI=1S/C27H30F3N5O5S/c1-40-24-12-19(41(2,38)39)5-6-22(24)32-8-3-4-17-10-20(26(37)34-21-7-9-31-13-18(21)14-36)25-23(11-17)35(16-33-25)15-27(28,29)30/h5-6,10-12,16,18,21,31-32,36H,7-9,13-15H2,1-2H3,(H,34,37). The van der Waals surface area contributed by atoms with E-state index in [2.05, 4.69) is 32.8 Å². The maximum atomic E-state index is 13.3. The number of methoxy groups -OCH3 is 1. The van der Waals surface area contributed by atoms with Crippen molar-refractivity contribution in [2.45, 2.75) is 30.1 Å². The lowest BCUT2D eigenvalue weighted by molar-refractivity contribution is -0.139. The molecule has 14 heteroatoms. The largest absolute Gasteiger partial charge is 0.495 e. The Morgan fingerprint density at radius 1 is 1.29 bits per heavy atom. The molecule has 4 N–H and O–H groups in total. The number of aliphatic hydroxyl groups excluding tert-OH is 1. The Hall–Kier alpha value is -3.80. The molecule has 2 atom stereocenters. The lowest BCUT2D eigenvalue weighted by Gasteiger charge is -2.31. The molecule has 0 radical (unpaired) electrons. The number of benzene rings is 2. The molecule has 1 aromatic heterocycles. The number of aromatic nitrogens is 2. The van der Waals surface area contributed by atoms with Crippen molar-refractivity contribution in [2.24, 2.45) is 5.92 Å². The molecule has 0 bridgehead atoms. The number of ether oxygens (including phenoxy) is 1. The molecule has 2 aromatic carbocycles. The summed E-state index contributed by atoms with van der Waals surface area (Å²) in [6.07, 6.45) is -1.79. The number of anilines is 1. The highest BCUT2D eigenvalue weighted by atomic mass is 32.2. The van der Waals surface area contributed by atoms with Crippen molar-refractivity contribution in [3.05, 3.63) is 47.8 Å². The summed E-state index contributed by atoms with van der Waals surface area (Å²) in [5.41, 5.74) is 1.09. The zero-order valence-electron chi connectivity index (χ0n) is 22.4. The first kappa shape index (κ1) is 30.2. The van der Waals surface area contributed by atoms with Crippen LogP contribution in [0, 0.1) is 17.8 Å². The molecule has 0 spiro atoms. The van der Waals surface area contributed by atoms with Crippen LogP contribution >= 0.6 is 0 Å². The molecule has 1 saturated heterocycles. The van der Waals surface area contributed by atoms with E-state index in [0.717, 1.165) is 17.2 Å². The Morgan fingerprint density at radius 2 is 2.07 bits per heavy atom. The maximum absolute atomic E-state index is 13.3. The molecule has 0 saturated carbocycles. The van der Waals surface area contributed by atoms with Crippen LogP contribution in [0.2, 0.25) is 0 Å². The van der Waals surface area contributed by atoms with Crippen LogP contribution in [0.15, 0.2) is 41.6 Å². The summed E-state index contributed by atoms with van der Waals surface area (Å²) in [4.78, 5) is 17.5. The Balaban J connectivity index is 1.62. The molecular formula is C27H30F3N5O5S. The monoisotopic (exact) mass is 593 g/mol. The molecule has 2 heterocycles. The van der Waals surface area contributed by atoms with Gasteiger partial charge in [0, 0.05) is 43.0 Å². The van der Waals surface area contributed by atoms with Gasteiger partial charge < -0.3 is 30.4 Å². The fourth-order valence-electron chi connectivity index (χ4n) is 4.61. The first-order chi connectivity index (χ1) is 19.4. The van der Waals surface area contributed by atoms with Crippen molar-refractivity contribution < 1.29 is 36.2 Å². The van der Waals surface area contributed by atoms with Gasteiger partial charge in [-0.15, -0.1) is 0 Å². The van der Waals surface area contributed by atoms with Gasteiger partial charge in [-0.3, -0.25) is 4.79 Å². The number of alkyl halides is 3. The third-order valence-corrected chi connectivity index (χ3v) is 7.79. The van der Waals surface area contributed by atoms with Gasteiger partial charge in [0.05, 0.1) is 41.6 Å². The van der Waals surface area contributed by atoms with Crippen LogP contribution in [0.4, 0.5) is 18.9 Å². The van der Waals surface area contributed by atoms with Gasteiger partial charge in [0.25, 0.3) is 5.91 Å². The van der Waals surface area contributed by atoms with E-state index in [1.54, 1.807) is 6.07 Å². The summed E-state index contributed by atoms with van der Waals surface area (Å²) in [7, 11) is -2.03. The predicted molar refractivity (Wildman–Crippen MR) is 147 cm³/mol. The van der Waals surface area contributed by atoms with Crippen molar-refractivity contribution in [2.75, 3.05) is 44.9 Å². The smallest absolute Gasteiger partial charge is 0.406 e. The summed E-state index contributed by atoms with van der Waals surface area (Å²) in [6.45, 7) is -0.154. The number of nitrogens with one attached hydrogen (secondary N) is 3. The number of piperidine rings is 1. The third kappa shape index (κ3) is 7.49. The number of hydrogen-bond donors (Lipinski definition) is 4. The summed E-state index contributed by atoms with van der Waals surface area (Å²) in [5.74, 6) is 5.33. The molecule has 41 heavy (non-hydrogen) atoms. The highest BCUT2D eigenvalue weighted by Gasteiger charge is 2.30. The van der Waals surface area contributed by atoms with Gasteiger partial charge >= 0.3 is 6.18 Å². The van der Waals surface area contributed by atoms with Gasteiger partial charge in [-0.2, -0.15) is 13.2 Å². The average molecular weight is 594 g/mol. The second kappa shape index (κ2) is 12.4. The number of halogens is 3. The van der Waals surface area contributed by atoms with Gasteiger partial charge in [-0.25, -0.2) is 13.4 Å². The van der Waals surface area contributed by atoms with Crippen LogP contribution in [0.5, 0.6) is 5.75 Å². The number of fused-ring (bicyclic) bond motifs is 1. The number of nitrogens with zero attached hydrogens (tertiary/aromatic N) is 2. The van der Waals surface area contributed by atoms with Crippen molar-refractivity contribution in [3.63, 3.8) is 0 Å². The number of amides is 1. The molecule has 220 valence electrons. The van der Waals surface area contributed by atoms with Gasteiger partial charge in [-0.1, -0.05) is 11.8 Å². The molecule has 1 aliphatic rings. The van der Waals surface area contributed by atoms with E-state index in [-0.39, 0.29) is 46.6 Å². The molecule has 1 fully saturated rings. The topological polar surface area (TPSA) is 135 Å². The average Bonchev–Trinajstić information content (AvgIpc) is 3.31. The highest BCUT2D eigenvalue weighted by Crippen LogP contribution is 2.28. The van der Waals surface area contributed by atoms with Crippen LogP contribution in [-0.4, -0.2) is 80.8 Å². The van der Waals surface area contributed by atoms with E-state index in [1.807, 2.05) is 0 Å². The van der Waals surface area contributed by atoms with E-state index in [0.29, 0.717) is 36.5 Å². The van der Waals surface area contributed by atoms with Crippen molar-refractivity contribution in [3.8, 4) is 17.6 Å². The zero-order chi connectivity index (χ0) is 29.8. The van der Waals surface area contributed by atoms with E-state index in [4.69, 9.17) is 4.74 Å². The Morgan fingerprint density at radius 3 is 2.76 bits per heavy atom. The quantitative estimate of drug-likeness (QED) is 0.292. The Kier molecular flexibility index (Phi) is 9.11. The fraction of sp³-hybridized carbons (Fsp3) is 0.407. The summed E-state index contributed by atoms with van der Waals surface area (Å²) >= 11 is 0. The number of rotatable bonds is 8. The second-order valence-corrected chi connectivity index (χ2v) is 11.7. The third-order valence-electron chi connectivity index (χ3n) is 6.68. The van der Waals surface area contributed by atoms with E-state index in [1.165, 1.54) is 31.4 Å². The van der Waals surface area contributed by atoms with E-state index >= 15 is 0 Å². The molecule has 0 aliphatic carbocycles. The van der Waals surface area contributed by atoms with Crippen LogP contribution in [-0.2, 0) is 16.4 Å². The Bertz CT molecular complexity index is 1590. The van der Waals surface area contributed by atoms with Crippen molar-refractivity contribution in [1.29, 1.82) is 0 Å². The minimum Gasteiger partial charge on any atom is -0.495 e. The van der Waals surface area contributed by atoms with Gasteiger partial charge in [0.1, 0.15) is 17.8 Å². The first-order valence-corrected chi connectivity index (χ1v) is 14.6. The zero-order valence-corrected chi connectivity index (χ0v) is 23.2. The minimum atomic E-state index is -4.50. The number of imidazole rings is 1. The SMILES string of the molecule is COc1cc(S(C)(=O)=O)ccc1NCC#Cc1cc(C(=O)NC2CCNCC2CO)c2ncn(CC(F)(F)F)c2c1. The van der Waals surface area contributed by atoms with Crippen LogP contribution < -0.4 is 20.7 Å². The van der Waals surface area contributed by atoms with E-state index < -0.39 is 28.5 Å². The number of carbonyl (C=O) groups excluding carboxylic acids is 1. The predicted octanol–water partition coefficient (Wildman–Crippen LogP) is 2.17. The lowest BCUT2D eigenvalue weighted by Crippen LogP contribution is -2.50. The van der Waals surface area contributed by atoms with Crippen LogP contribution in [0.25, 0.3) is 11.0 Å². The molecule has 3 aromatic rings. The number of hydrogen-bond acceptors (Lipinski definition) is 8. The minimum absolute atomic E-state index is 0.0777. The highest BCUT2D eigenvalue weighted by molar-refractivity contribution is 7.90. The lowest BCUT2D eigenvalue weighted by atomic mass is 9.93. The molecule has 1 amide bonds. The van der Waals surface area contributed by atoms with Crippen LogP contribution in [0.1, 0.15) is 22.3 Å². The van der Waals surface area contributed by atoms with Gasteiger partial charge in [0.15, 0.2) is 9.84 Å². The van der Waals surface area contributed by atoms with Gasteiger partial charge in [-0.05, 0) is 37.2 Å². The molecule has 2 unspecified atom stereocenters. The van der Waals surface area contributed by atoms with Crippen molar-refractivity contribution in [1.82, 2.24) is 20.2 Å². The summed E-state index contributed by atoms with van der Waals surface area (Å²) in [5, 5.41) is 18.8. The Labute approximate surface area is 235 Å². The van der Waals surface area contributed by atoms with Gasteiger partial charge in [0.2, 0.25) is 0 Å². The van der Waals surface area contributed by atoms with Crippen molar-refractivity contribution >= 4 is 32.5 Å². The van der Waals surface area contributed by atoms with Crippen LogP contribution in [0.3, 0.4) is 0 Å². The molecule has 10 nitrogen and oxygen atoms in total. The van der Waals surface area contributed by atoms with E-state index in [9.17, 15) is 31.5 Å². The summed E-state index contributed by atoms with van der Waals surface area (Å²) in [6, 6.07) is 6.96. The first-order valence-electron chi connectivity index (χ1n) is 12.7. The number of sulfone groups is 1.